The molecule has 82 heavy (non-hydrogen) atoms. The summed E-state index contributed by atoms with van der Waals surface area (Å²) in [4.78, 5) is 20.1. The van der Waals surface area contributed by atoms with E-state index in [4.69, 9.17) is 57.8 Å². The fourth-order valence-corrected chi connectivity index (χ4v) is 9.58. The van der Waals surface area contributed by atoms with Gasteiger partial charge in [-0.25, -0.2) is 9.97 Å². The van der Waals surface area contributed by atoms with Crippen molar-refractivity contribution in [2.45, 2.75) is 53.4 Å². The van der Waals surface area contributed by atoms with Gasteiger partial charge in [0.15, 0.2) is 0 Å². The SMILES string of the molecule is C=CCOCCOCCOCCOc1ccc(-c2cc(CC)c(-c3ccc(-c4cccc(-c5cccc(-c6ccc(-c7cc(CC)c(-c8ccc(OCCOCCOCCOCC=C)cc8)cc7CC)cn6)n5)n4)nc3)cc2CC)cc1. The highest BCUT2D eigenvalue weighted by atomic mass is 16.6. The van der Waals surface area contributed by atoms with E-state index in [1.165, 1.54) is 44.5 Å². The number of benzene rings is 4. The number of nitrogens with zero attached hydrogens (tertiary/aromatic N) is 4. The molecular formula is C70H78N4O8. The maximum absolute atomic E-state index is 5.98. The Kier molecular flexibility index (Phi) is 24.1. The van der Waals surface area contributed by atoms with Crippen LogP contribution in [0.1, 0.15) is 49.9 Å². The van der Waals surface area contributed by atoms with Crippen molar-refractivity contribution in [3.63, 3.8) is 0 Å². The molecule has 426 valence electrons. The Morgan fingerprint density at radius 2 is 0.622 bits per heavy atom. The maximum Gasteiger partial charge on any atom is 0.119 e. The first-order valence-corrected chi connectivity index (χ1v) is 28.8. The van der Waals surface area contributed by atoms with Crippen molar-refractivity contribution in [1.82, 2.24) is 19.9 Å². The Morgan fingerprint density at radius 1 is 0.329 bits per heavy atom. The number of hydrogen-bond donors (Lipinski definition) is 0. The summed E-state index contributed by atoms with van der Waals surface area (Å²) in [6, 6.07) is 46.4. The van der Waals surface area contributed by atoms with Gasteiger partial charge < -0.3 is 37.9 Å². The number of hydrogen-bond acceptors (Lipinski definition) is 12. The Bertz CT molecular complexity index is 3020. The monoisotopic (exact) mass is 1100 g/mol. The van der Waals surface area contributed by atoms with Crippen LogP contribution in [-0.4, -0.2) is 112 Å². The van der Waals surface area contributed by atoms with Crippen LogP contribution in [0.2, 0.25) is 0 Å². The normalized spacial score (nSPS) is 11.2. The number of pyridine rings is 4. The van der Waals surface area contributed by atoms with Crippen molar-refractivity contribution < 1.29 is 37.9 Å². The molecule has 4 heterocycles. The van der Waals surface area contributed by atoms with Gasteiger partial charge in [-0.1, -0.05) is 113 Å². The second-order valence-corrected chi connectivity index (χ2v) is 19.3. The van der Waals surface area contributed by atoms with E-state index in [0.29, 0.717) is 92.5 Å². The molecule has 0 fully saturated rings. The van der Waals surface area contributed by atoms with Gasteiger partial charge in [-0.05, 0) is 142 Å². The Morgan fingerprint density at radius 3 is 0.927 bits per heavy atom. The van der Waals surface area contributed by atoms with Crippen molar-refractivity contribution in [1.29, 1.82) is 0 Å². The zero-order valence-electron chi connectivity index (χ0n) is 48.2. The molecule has 0 aliphatic carbocycles. The zero-order chi connectivity index (χ0) is 57.1. The second kappa shape index (κ2) is 32.7. The maximum atomic E-state index is 5.98. The number of ether oxygens (including phenoxy) is 8. The molecule has 0 saturated heterocycles. The molecule has 0 N–H and O–H groups in total. The van der Waals surface area contributed by atoms with E-state index in [1.807, 2.05) is 73.1 Å². The molecule has 8 rings (SSSR count). The molecule has 12 heteroatoms. The van der Waals surface area contributed by atoms with E-state index in [-0.39, 0.29) is 0 Å². The average Bonchev–Trinajstić information content (AvgIpc) is 3.71. The standard InChI is InChI=1S/C70H78N4O8/c1-7-31-75-33-35-77-37-39-79-41-43-81-59-25-19-55(20-26-59)61-45-53(11-5)63(47-51(61)9-3)57-23-29-65(71-49-57)67-15-13-17-69(73-67)70-18-14-16-68(74-70)66-30-24-58(50-72-66)64-48-52(10-4)62(46-54(64)12-6)56-21-27-60(28-22-56)82-44-42-80-40-38-78-36-34-76-32-8-2/h7-8,13-30,45-50H,1-2,9-12,31-44H2,3-6H3. The first kappa shape index (κ1) is 60.4. The summed E-state index contributed by atoms with van der Waals surface area (Å²) >= 11 is 0. The third-order valence-electron chi connectivity index (χ3n) is 13.9. The first-order valence-electron chi connectivity index (χ1n) is 28.8. The predicted octanol–water partition coefficient (Wildman–Crippen LogP) is 14.4. The van der Waals surface area contributed by atoms with Crippen LogP contribution in [0, 0.1) is 0 Å². The molecule has 0 atom stereocenters. The van der Waals surface area contributed by atoms with E-state index < -0.39 is 0 Å². The average molecular weight is 1100 g/mol. The lowest BCUT2D eigenvalue weighted by Crippen LogP contribution is -2.12. The molecule has 4 aromatic heterocycles. The van der Waals surface area contributed by atoms with Gasteiger partial charge in [0.1, 0.15) is 24.7 Å². The van der Waals surface area contributed by atoms with Gasteiger partial charge in [-0.3, -0.25) is 9.97 Å². The molecule has 0 amide bonds. The molecule has 8 aromatic rings. The smallest absolute Gasteiger partial charge is 0.119 e. The lowest BCUT2D eigenvalue weighted by atomic mass is 9.89. The van der Waals surface area contributed by atoms with Crippen LogP contribution in [-0.2, 0) is 54.1 Å². The number of aromatic nitrogens is 4. The van der Waals surface area contributed by atoms with Crippen molar-refractivity contribution in [2.75, 3.05) is 92.5 Å². The van der Waals surface area contributed by atoms with Gasteiger partial charge in [-0.15, -0.1) is 13.2 Å². The van der Waals surface area contributed by atoms with Gasteiger partial charge >= 0.3 is 0 Å². The highest BCUT2D eigenvalue weighted by Crippen LogP contribution is 2.37. The van der Waals surface area contributed by atoms with Crippen LogP contribution in [0.3, 0.4) is 0 Å². The third-order valence-corrected chi connectivity index (χ3v) is 13.9. The lowest BCUT2D eigenvalue weighted by molar-refractivity contribution is 0.0135. The fraction of sp³-hybridized carbons (Fsp3) is 0.314. The van der Waals surface area contributed by atoms with Gasteiger partial charge in [0.2, 0.25) is 0 Å². The Balaban J connectivity index is 0.870. The number of rotatable bonds is 35. The van der Waals surface area contributed by atoms with Gasteiger partial charge in [0.25, 0.3) is 0 Å². The van der Waals surface area contributed by atoms with E-state index in [0.717, 1.165) is 93.6 Å². The summed E-state index contributed by atoms with van der Waals surface area (Å²) in [6.45, 7) is 23.3. The molecule has 0 aliphatic heterocycles. The van der Waals surface area contributed by atoms with Crippen LogP contribution < -0.4 is 9.47 Å². The highest BCUT2D eigenvalue weighted by Gasteiger charge is 2.16. The second-order valence-electron chi connectivity index (χ2n) is 19.3. The molecule has 4 aromatic carbocycles. The Labute approximate surface area is 485 Å². The van der Waals surface area contributed by atoms with Crippen LogP contribution in [0.4, 0.5) is 0 Å². The summed E-state index contributed by atoms with van der Waals surface area (Å²) in [5.41, 5.74) is 19.0. The van der Waals surface area contributed by atoms with Crippen LogP contribution in [0.5, 0.6) is 11.5 Å². The molecule has 0 radical (unpaired) electrons. The largest absolute Gasteiger partial charge is 0.491 e. The molecule has 0 spiro atoms. The van der Waals surface area contributed by atoms with E-state index in [1.54, 1.807) is 12.2 Å². The van der Waals surface area contributed by atoms with Crippen molar-refractivity contribution >= 4 is 0 Å². The highest BCUT2D eigenvalue weighted by molar-refractivity contribution is 5.79. The Hall–Kier alpha value is -7.68. The molecule has 12 nitrogen and oxygen atoms in total. The van der Waals surface area contributed by atoms with Gasteiger partial charge in [0, 0.05) is 23.5 Å². The summed E-state index contributed by atoms with van der Waals surface area (Å²) in [6.07, 6.45) is 10.9. The van der Waals surface area contributed by atoms with Gasteiger partial charge in [0.05, 0.1) is 113 Å². The van der Waals surface area contributed by atoms with Crippen molar-refractivity contribution in [2.24, 2.45) is 0 Å². The van der Waals surface area contributed by atoms with Crippen LogP contribution in [0.25, 0.3) is 78.7 Å². The topological polar surface area (TPSA) is 125 Å². The molecule has 0 saturated carbocycles. The lowest BCUT2D eigenvalue weighted by Gasteiger charge is -2.16. The molecule has 0 unspecified atom stereocenters. The minimum atomic E-state index is 0.463. The summed E-state index contributed by atoms with van der Waals surface area (Å²) in [5.74, 6) is 1.62. The zero-order valence-corrected chi connectivity index (χ0v) is 48.2. The molecule has 0 bridgehead atoms. The van der Waals surface area contributed by atoms with E-state index in [9.17, 15) is 0 Å². The first-order chi connectivity index (χ1) is 40.4. The van der Waals surface area contributed by atoms with Gasteiger partial charge in [-0.2, -0.15) is 0 Å². The fourth-order valence-electron chi connectivity index (χ4n) is 9.58. The van der Waals surface area contributed by atoms with E-state index in [2.05, 4.69) is 114 Å². The van der Waals surface area contributed by atoms with Crippen LogP contribution in [0.15, 0.2) is 171 Å². The van der Waals surface area contributed by atoms with E-state index >= 15 is 0 Å². The summed E-state index contributed by atoms with van der Waals surface area (Å²) in [7, 11) is 0. The quantitative estimate of drug-likeness (QED) is 0.0277. The minimum absolute atomic E-state index is 0.463. The third kappa shape index (κ3) is 17.2. The summed E-state index contributed by atoms with van der Waals surface area (Å²) in [5, 5.41) is 0. The van der Waals surface area contributed by atoms with Crippen molar-refractivity contribution in [3.05, 3.63) is 193 Å². The van der Waals surface area contributed by atoms with Crippen molar-refractivity contribution in [3.8, 4) is 90.2 Å². The minimum Gasteiger partial charge on any atom is -0.491 e. The number of aryl methyl sites for hydroxylation is 4. The summed E-state index contributed by atoms with van der Waals surface area (Å²) < 4.78 is 45.0. The predicted molar refractivity (Wildman–Crippen MR) is 329 cm³/mol. The molecular weight excluding hydrogens is 1020 g/mol. The van der Waals surface area contributed by atoms with Crippen LogP contribution >= 0.6 is 0 Å². The molecule has 0 aliphatic rings.